The van der Waals surface area contributed by atoms with Crippen LogP contribution in [0.25, 0.3) is 5.65 Å². The van der Waals surface area contributed by atoms with Crippen LogP contribution in [0.1, 0.15) is 21.6 Å². The van der Waals surface area contributed by atoms with Crippen molar-refractivity contribution >= 4 is 21.6 Å². The smallest absolute Gasteiger partial charge is 0.251 e. The predicted molar refractivity (Wildman–Crippen MR) is 119 cm³/mol. The monoisotopic (exact) mass is 464 g/mol. The van der Waals surface area contributed by atoms with E-state index in [4.69, 9.17) is 9.47 Å². The van der Waals surface area contributed by atoms with Crippen molar-refractivity contribution in [3.63, 3.8) is 0 Å². The molecule has 0 bridgehead atoms. The lowest BCUT2D eigenvalue weighted by Gasteiger charge is -2.09. The quantitative estimate of drug-likeness (QED) is 0.435. The van der Waals surface area contributed by atoms with Crippen molar-refractivity contribution in [1.29, 1.82) is 0 Å². The Morgan fingerprint density at radius 1 is 1.00 bits per heavy atom. The number of hydrogen-bond donors (Lipinski definition) is 2. The zero-order chi connectivity index (χ0) is 22.8. The summed E-state index contributed by atoms with van der Waals surface area (Å²) in [6.45, 7) is 0.444. The van der Waals surface area contributed by atoms with Gasteiger partial charge in [0.15, 0.2) is 11.5 Å². The van der Waals surface area contributed by atoms with E-state index in [1.165, 1.54) is 18.2 Å². The molecule has 0 saturated carbocycles. The van der Waals surface area contributed by atoms with Gasteiger partial charge in [-0.15, -0.1) is 0 Å². The first-order valence-corrected chi connectivity index (χ1v) is 11.7. The molecule has 1 aliphatic heterocycles. The lowest BCUT2D eigenvalue weighted by Crippen LogP contribution is -2.25. The molecule has 0 saturated heterocycles. The SMILES string of the molecule is O=C(NCc1cn2ccccc2n1)c1cccc(S(=O)(=O)NCc2ccc3c(c2)OCO3)c1. The fraction of sp³-hybridized carbons (Fsp3) is 0.130. The third kappa shape index (κ3) is 4.52. The van der Waals surface area contributed by atoms with E-state index >= 15 is 0 Å². The summed E-state index contributed by atoms with van der Waals surface area (Å²) < 4.78 is 40.6. The predicted octanol–water partition coefficient (Wildman–Crippen LogP) is 2.47. The highest BCUT2D eigenvalue weighted by molar-refractivity contribution is 7.89. The third-order valence-corrected chi connectivity index (χ3v) is 6.55. The van der Waals surface area contributed by atoms with Crippen molar-refractivity contribution in [2.24, 2.45) is 0 Å². The Morgan fingerprint density at radius 2 is 1.88 bits per heavy atom. The molecule has 2 aromatic carbocycles. The average molecular weight is 465 g/mol. The summed E-state index contributed by atoms with van der Waals surface area (Å²) in [5, 5.41) is 2.78. The first kappa shape index (κ1) is 21.0. The van der Waals surface area contributed by atoms with E-state index in [1.54, 1.807) is 24.3 Å². The molecule has 0 atom stereocenters. The van der Waals surface area contributed by atoms with E-state index < -0.39 is 10.0 Å². The number of benzene rings is 2. The molecule has 3 heterocycles. The molecule has 10 heteroatoms. The number of carbonyl (C=O) groups is 1. The van der Waals surface area contributed by atoms with Gasteiger partial charge in [-0.2, -0.15) is 0 Å². The van der Waals surface area contributed by atoms with Gasteiger partial charge in [0.25, 0.3) is 5.91 Å². The fourth-order valence-corrected chi connectivity index (χ4v) is 4.53. The van der Waals surface area contributed by atoms with Crippen molar-refractivity contribution in [3.8, 4) is 11.5 Å². The van der Waals surface area contributed by atoms with Crippen LogP contribution in [0.5, 0.6) is 11.5 Å². The lowest BCUT2D eigenvalue weighted by molar-refractivity contribution is 0.0950. The molecule has 9 nitrogen and oxygen atoms in total. The largest absolute Gasteiger partial charge is 0.454 e. The number of sulfonamides is 1. The molecule has 0 unspecified atom stereocenters. The normalized spacial score (nSPS) is 12.7. The van der Waals surface area contributed by atoms with Gasteiger partial charge in [-0.25, -0.2) is 18.1 Å². The van der Waals surface area contributed by atoms with Gasteiger partial charge >= 0.3 is 0 Å². The minimum Gasteiger partial charge on any atom is -0.454 e. The zero-order valence-corrected chi connectivity index (χ0v) is 18.2. The van der Waals surface area contributed by atoms with Crippen LogP contribution in [-0.2, 0) is 23.1 Å². The standard InChI is InChI=1S/C23H20N4O5S/c28-23(24-13-18-14-27-9-2-1-6-22(27)26-18)17-4-3-5-19(11-17)33(29,30)25-12-16-7-8-20-21(10-16)32-15-31-20/h1-11,14,25H,12-13,15H2,(H,24,28). The molecule has 0 radical (unpaired) electrons. The Labute approximate surface area is 190 Å². The summed E-state index contributed by atoms with van der Waals surface area (Å²) >= 11 is 0. The highest BCUT2D eigenvalue weighted by Crippen LogP contribution is 2.32. The highest BCUT2D eigenvalue weighted by atomic mass is 32.2. The molecule has 168 valence electrons. The van der Waals surface area contributed by atoms with E-state index in [0.717, 1.165) is 11.2 Å². The summed E-state index contributed by atoms with van der Waals surface area (Å²) in [5.74, 6) is 0.819. The second-order valence-electron chi connectivity index (χ2n) is 7.42. The molecule has 33 heavy (non-hydrogen) atoms. The van der Waals surface area contributed by atoms with E-state index in [9.17, 15) is 13.2 Å². The third-order valence-electron chi connectivity index (χ3n) is 5.15. The molecule has 1 aliphatic rings. The molecule has 2 N–H and O–H groups in total. The number of ether oxygens (including phenoxy) is 2. The Bertz CT molecular complexity index is 1420. The molecule has 1 amide bonds. The lowest BCUT2D eigenvalue weighted by atomic mass is 10.2. The van der Waals surface area contributed by atoms with Gasteiger partial charge in [0, 0.05) is 24.5 Å². The summed E-state index contributed by atoms with van der Waals surface area (Å²) in [6, 6.07) is 16.8. The first-order chi connectivity index (χ1) is 16.0. The molecule has 0 spiro atoms. The van der Waals surface area contributed by atoms with E-state index in [1.807, 2.05) is 35.0 Å². The van der Waals surface area contributed by atoms with Crippen molar-refractivity contribution in [3.05, 3.63) is 89.9 Å². The van der Waals surface area contributed by atoms with E-state index in [2.05, 4.69) is 15.0 Å². The number of carbonyl (C=O) groups excluding carboxylic acids is 1. The Kier molecular flexibility index (Phi) is 5.45. The number of pyridine rings is 1. The van der Waals surface area contributed by atoms with Crippen molar-refractivity contribution in [1.82, 2.24) is 19.4 Å². The van der Waals surface area contributed by atoms with E-state index in [-0.39, 0.29) is 36.2 Å². The van der Waals surface area contributed by atoms with Crippen molar-refractivity contribution < 1.29 is 22.7 Å². The fourth-order valence-electron chi connectivity index (χ4n) is 3.46. The number of aromatic nitrogens is 2. The van der Waals surface area contributed by atoms with Crippen LogP contribution in [0.4, 0.5) is 0 Å². The number of nitrogens with zero attached hydrogens (tertiary/aromatic N) is 2. The van der Waals surface area contributed by atoms with Crippen LogP contribution in [0.15, 0.2) is 78.0 Å². The molecule has 2 aromatic heterocycles. The maximum atomic E-state index is 12.8. The maximum Gasteiger partial charge on any atom is 0.251 e. The zero-order valence-electron chi connectivity index (χ0n) is 17.4. The first-order valence-electron chi connectivity index (χ1n) is 10.2. The molecule has 0 fully saturated rings. The maximum absolute atomic E-state index is 12.8. The summed E-state index contributed by atoms with van der Waals surface area (Å²) in [5.41, 5.74) is 2.45. The van der Waals surface area contributed by atoms with Gasteiger partial charge in [-0.1, -0.05) is 18.2 Å². The van der Waals surface area contributed by atoms with Gasteiger partial charge < -0.3 is 19.2 Å². The van der Waals surface area contributed by atoms with Gasteiger partial charge in [0.05, 0.1) is 17.1 Å². The van der Waals surface area contributed by atoms with Gasteiger partial charge in [0.1, 0.15) is 5.65 Å². The minimum absolute atomic E-state index is 0.00336. The second kappa shape index (κ2) is 8.57. The topological polar surface area (TPSA) is 111 Å². The number of hydrogen-bond acceptors (Lipinski definition) is 6. The number of fused-ring (bicyclic) bond motifs is 2. The minimum atomic E-state index is -3.83. The number of nitrogens with one attached hydrogen (secondary N) is 2. The Balaban J connectivity index is 1.24. The molecular weight excluding hydrogens is 444 g/mol. The molecule has 4 aromatic rings. The van der Waals surface area contributed by atoms with Crippen LogP contribution in [0.3, 0.4) is 0 Å². The highest BCUT2D eigenvalue weighted by Gasteiger charge is 2.18. The molecule has 5 rings (SSSR count). The van der Waals surface area contributed by atoms with Crippen LogP contribution in [0, 0.1) is 0 Å². The molecule has 0 aliphatic carbocycles. The Morgan fingerprint density at radius 3 is 2.76 bits per heavy atom. The number of rotatable bonds is 7. The van der Waals surface area contributed by atoms with Crippen LogP contribution in [-0.4, -0.2) is 30.5 Å². The van der Waals surface area contributed by atoms with Gasteiger partial charge in [-0.05, 0) is 48.0 Å². The Hall–Kier alpha value is -3.89. The summed E-state index contributed by atoms with van der Waals surface area (Å²) in [4.78, 5) is 17.1. The summed E-state index contributed by atoms with van der Waals surface area (Å²) in [6.07, 6.45) is 3.70. The van der Waals surface area contributed by atoms with Crippen LogP contribution >= 0.6 is 0 Å². The second-order valence-corrected chi connectivity index (χ2v) is 9.19. The molecular formula is C23H20N4O5S. The van der Waals surface area contributed by atoms with E-state index in [0.29, 0.717) is 17.2 Å². The van der Waals surface area contributed by atoms with Crippen molar-refractivity contribution in [2.75, 3.05) is 6.79 Å². The number of amides is 1. The van der Waals surface area contributed by atoms with Gasteiger partial charge in [0.2, 0.25) is 16.8 Å². The average Bonchev–Trinajstić information content (AvgIpc) is 3.47. The van der Waals surface area contributed by atoms with Crippen LogP contribution < -0.4 is 19.5 Å². The van der Waals surface area contributed by atoms with Gasteiger partial charge in [-0.3, -0.25) is 4.79 Å². The van der Waals surface area contributed by atoms with Crippen molar-refractivity contribution in [2.45, 2.75) is 18.0 Å². The summed E-state index contributed by atoms with van der Waals surface area (Å²) in [7, 11) is -3.83. The van der Waals surface area contributed by atoms with Crippen LogP contribution in [0.2, 0.25) is 0 Å². The number of imidazole rings is 1.